The summed E-state index contributed by atoms with van der Waals surface area (Å²) in [7, 11) is 1.69. The predicted molar refractivity (Wildman–Crippen MR) is 131 cm³/mol. The van der Waals surface area contributed by atoms with Gasteiger partial charge in [-0.05, 0) is 61.4 Å². The molecule has 1 unspecified atom stereocenters. The van der Waals surface area contributed by atoms with Crippen molar-refractivity contribution < 1.29 is 14.4 Å². The van der Waals surface area contributed by atoms with Crippen LogP contribution in [0, 0.1) is 11.8 Å². The van der Waals surface area contributed by atoms with Crippen LogP contribution >= 0.6 is 0 Å². The van der Waals surface area contributed by atoms with Gasteiger partial charge in [0.2, 0.25) is 5.91 Å². The van der Waals surface area contributed by atoms with E-state index in [4.69, 9.17) is 0 Å². The number of rotatable bonds is 7. The van der Waals surface area contributed by atoms with Crippen molar-refractivity contribution in [2.45, 2.75) is 64.0 Å². The molecule has 1 N–H and O–H groups in total. The first-order valence-corrected chi connectivity index (χ1v) is 12.4. The zero-order valence-corrected chi connectivity index (χ0v) is 20.0. The molecule has 4 rings (SSSR count). The maximum absolute atomic E-state index is 13.6. The SMILES string of the molecule is CCC(NC(=O)N1C(=O)[C@H](Cc2ccncc2)[C@H]1C(=O)N(C)c1ccccc1)C1CCCCC1. The quantitative estimate of drug-likeness (QED) is 0.626. The third kappa shape index (κ3) is 4.98. The van der Waals surface area contributed by atoms with Crippen LogP contribution in [0.4, 0.5) is 10.5 Å². The van der Waals surface area contributed by atoms with Gasteiger partial charge in [-0.25, -0.2) is 4.79 Å². The fraction of sp³-hybridized carbons (Fsp3) is 0.481. The van der Waals surface area contributed by atoms with Gasteiger partial charge in [0.1, 0.15) is 6.04 Å². The second-order valence-electron chi connectivity index (χ2n) is 9.41. The number of para-hydroxylation sites is 1. The number of hydrogen-bond donors (Lipinski definition) is 1. The normalized spacial score (nSPS) is 21.5. The van der Waals surface area contributed by atoms with Crippen LogP contribution in [0.15, 0.2) is 54.9 Å². The Hall–Kier alpha value is -3.22. The smallest absolute Gasteiger partial charge is 0.325 e. The molecule has 4 amide bonds. The maximum atomic E-state index is 13.6. The summed E-state index contributed by atoms with van der Waals surface area (Å²) in [6, 6.07) is 11.7. The monoisotopic (exact) mass is 462 g/mol. The molecular formula is C27H34N4O3. The van der Waals surface area contributed by atoms with E-state index < -0.39 is 18.0 Å². The molecule has 2 aliphatic rings. The minimum Gasteiger partial charge on any atom is -0.335 e. The molecule has 0 bridgehead atoms. The minimum atomic E-state index is -0.838. The number of urea groups is 1. The van der Waals surface area contributed by atoms with Gasteiger partial charge in [-0.3, -0.25) is 19.5 Å². The number of imide groups is 1. The van der Waals surface area contributed by atoms with Gasteiger partial charge in [-0.15, -0.1) is 0 Å². The standard InChI is InChI=1S/C27H34N4O3/c1-3-23(20-10-6-4-7-11-20)29-27(34)31-24(26(33)30(2)21-12-8-5-9-13-21)22(25(31)32)18-19-14-16-28-17-15-19/h5,8-9,12-17,20,22-24H,3-4,6-7,10-11,18H2,1-2H3,(H,29,34)/t22-,23?,24+/m1/s1. The van der Waals surface area contributed by atoms with Crippen molar-refractivity contribution in [3.8, 4) is 0 Å². The summed E-state index contributed by atoms with van der Waals surface area (Å²) in [6.45, 7) is 2.07. The zero-order valence-electron chi connectivity index (χ0n) is 20.0. The Kier molecular flexibility index (Phi) is 7.60. The van der Waals surface area contributed by atoms with E-state index in [-0.39, 0.29) is 17.9 Å². The van der Waals surface area contributed by atoms with Crippen LogP contribution in [0.2, 0.25) is 0 Å². The Bertz CT molecular complexity index is 991. The number of amides is 4. The van der Waals surface area contributed by atoms with Gasteiger partial charge in [0.15, 0.2) is 0 Å². The number of likely N-dealkylation sites (tertiary alicyclic amines) is 1. The van der Waals surface area contributed by atoms with E-state index >= 15 is 0 Å². The van der Waals surface area contributed by atoms with Crippen molar-refractivity contribution in [1.82, 2.24) is 15.2 Å². The van der Waals surface area contributed by atoms with Gasteiger partial charge < -0.3 is 10.2 Å². The lowest BCUT2D eigenvalue weighted by Gasteiger charge is -2.46. The molecule has 1 aliphatic carbocycles. The van der Waals surface area contributed by atoms with Gasteiger partial charge in [0, 0.05) is 31.2 Å². The molecule has 0 radical (unpaired) electrons. The van der Waals surface area contributed by atoms with Crippen molar-refractivity contribution in [1.29, 1.82) is 0 Å². The first kappa shape index (κ1) is 23.9. The van der Waals surface area contributed by atoms with Gasteiger partial charge in [-0.2, -0.15) is 0 Å². The van der Waals surface area contributed by atoms with Crippen molar-refractivity contribution in [3.63, 3.8) is 0 Å². The highest BCUT2D eigenvalue weighted by molar-refractivity contribution is 6.12. The molecule has 0 spiro atoms. The number of carbonyl (C=O) groups excluding carboxylic acids is 3. The number of β-lactam (4-membered cyclic amide) rings is 1. The van der Waals surface area contributed by atoms with Crippen LogP contribution in [-0.4, -0.2) is 46.9 Å². The first-order valence-electron chi connectivity index (χ1n) is 12.4. The van der Waals surface area contributed by atoms with E-state index in [0.717, 1.165) is 35.4 Å². The van der Waals surface area contributed by atoms with Crippen molar-refractivity contribution in [2.24, 2.45) is 11.8 Å². The molecule has 1 aromatic heterocycles. The molecule has 1 saturated heterocycles. The van der Waals surface area contributed by atoms with E-state index in [1.165, 1.54) is 24.2 Å². The number of carbonyl (C=O) groups is 3. The zero-order chi connectivity index (χ0) is 24.1. The summed E-state index contributed by atoms with van der Waals surface area (Å²) in [6.07, 6.45) is 10.3. The summed E-state index contributed by atoms with van der Waals surface area (Å²) in [5, 5.41) is 3.10. The number of pyridine rings is 1. The summed E-state index contributed by atoms with van der Waals surface area (Å²) in [5.74, 6) is -0.715. The Labute approximate surface area is 201 Å². The lowest BCUT2D eigenvalue weighted by Crippen LogP contribution is -2.71. The summed E-state index contributed by atoms with van der Waals surface area (Å²) in [4.78, 5) is 46.8. The lowest BCUT2D eigenvalue weighted by molar-refractivity contribution is -0.156. The molecular weight excluding hydrogens is 428 g/mol. The average molecular weight is 463 g/mol. The number of benzene rings is 1. The second-order valence-corrected chi connectivity index (χ2v) is 9.41. The Morgan fingerprint density at radius 2 is 1.76 bits per heavy atom. The van der Waals surface area contributed by atoms with E-state index in [2.05, 4.69) is 17.2 Å². The number of nitrogens with zero attached hydrogens (tertiary/aromatic N) is 3. The van der Waals surface area contributed by atoms with Gasteiger partial charge in [0.05, 0.1) is 5.92 Å². The van der Waals surface area contributed by atoms with Crippen LogP contribution in [0.5, 0.6) is 0 Å². The second kappa shape index (κ2) is 10.8. The first-order chi connectivity index (χ1) is 16.5. The minimum absolute atomic E-state index is 0.0162. The molecule has 2 fully saturated rings. The molecule has 1 aromatic carbocycles. The van der Waals surface area contributed by atoms with Crippen LogP contribution in [0.25, 0.3) is 0 Å². The van der Waals surface area contributed by atoms with Crippen molar-refractivity contribution >= 4 is 23.5 Å². The topological polar surface area (TPSA) is 82.6 Å². The highest BCUT2D eigenvalue weighted by atomic mass is 16.2. The number of aromatic nitrogens is 1. The Morgan fingerprint density at radius 3 is 2.41 bits per heavy atom. The molecule has 1 saturated carbocycles. The molecule has 7 nitrogen and oxygen atoms in total. The molecule has 2 heterocycles. The fourth-order valence-corrected chi connectivity index (χ4v) is 5.32. The maximum Gasteiger partial charge on any atom is 0.325 e. The van der Waals surface area contributed by atoms with E-state index in [0.29, 0.717) is 12.3 Å². The molecule has 3 atom stereocenters. The summed E-state index contributed by atoms with van der Waals surface area (Å²) in [5.41, 5.74) is 1.64. The van der Waals surface area contributed by atoms with Crippen molar-refractivity contribution in [3.05, 3.63) is 60.4 Å². The van der Waals surface area contributed by atoms with Crippen molar-refractivity contribution in [2.75, 3.05) is 11.9 Å². The third-order valence-electron chi connectivity index (χ3n) is 7.33. The van der Waals surface area contributed by atoms with E-state index in [1.54, 1.807) is 19.4 Å². The van der Waals surface area contributed by atoms with Gasteiger partial charge in [0.25, 0.3) is 5.91 Å². The van der Waals surface area contributed by atoms with E-state index in [9.17, 15) is 14.4 Å². The molecule has 34 heavy (non-hydrogen) atoms. The molecule has 180 valence electrons. The Balaban J connectivity index is 1.54. The largest absolute Gasteiger partial charge is 0.335 e. The van der Waals surface area contributed by atoms with Gasteiger partial charge in [-0.1, -0.05) is 44.4 Å². The van der Waals surface area contributed by atoms with Crippen LogP contribution < -0.4 is 10.2 Å². The third-order valence-corrected chi connectivity index (χ3v) is 7.33. The number of anilines is 1. The highest BCUT2D eigenvalue weighted by Gasteiger charge is 2.55. The number of nitrogens with one attached hydrogen (secondary N) is 1. The summed E-state index contributed by atoms with van der Waals surface area (Å²) >= 11 is 0. The average Bonchev–Trinajstić information content (AvgIpc) is 2.89. The molecule has 7 heteroatoms. The fourth-order valence-electron chi connectivity index (χ4n) is 5.32. The van der Waals surface area contributed by atoms with E-state index in [1.807, 2.05) is 42.5 Å². The number of hydrogen-bond acceptors (Lipinski definition) is 4. The van der Waals surface area contributed by atoms with Gasteiger partial charge >= 0.3 is 6.03 Å². The van der Waals surface area contributed by atoms with Crippen LogP contribution in [0.3, 0.4) is 0 Å². The molecule has 2 aromatic rings. The lowest BCUT2D eigenvalue weighted by atomic mass is 9.81. The molecule has 1 aliphatic heterocycles. The Morgan fingerprint density at radius 1 is 1.09 bits per heavy atom. The highest BCUT2D eigenvalue weighted by Crippen LogP contribution is 2.33. The number of likely N-dealkylation sites (N-methyl/N-ethyl adjacent to an activating group) is 1. The van der Waals surface area contributed by atoms with Crippen LogP contribution in [-0.2, 0) is 16.0 Å². The van der Waals surface area contributed by atoms with Crippen LogP contribution in [0.1, 0.15) is 51.0 Å². The summed E-state index contributed by atoms with van der Waals surface area (Å²) < 4.78 is 0. The predicted octanol–water partition coefficient (Wildman–Crippen LogP) is 4.18.